The van der Waals surface area contributed by atoms with Crippen LogP contribution in [0.5, 0.6) is 0 Å². The van der Waals surface area contributed by atoms with Gasteiger partial charge in [0.25, 0.3) is 5.91 Å². The smallest absolute Gasteiger partial charge is 0.254 e. The van der Waals surface area contributed by atoms with Gasteiger partial charge in [0.2, 0.25) is 0 Å². The molecule has 6 N–H and O–H groups in total. The molecule has 0 radical (unpaired) electrons. The molecule has 174 valence electrons. The van der Waals surface area contributed by atoms with Crippen LogP contribution in [-0.4, -0.2) is 22.6 Å². The van der Waals surface area contributed by atoms with Crippen molar-refractivity contribution >= 4 is 17.4 Å². The van der Waals surface area contributed by atoms with E-state index in [1.54, 1.807) is 0 Å². The summed E-state index contributed by atoms with van der Waals surface area (Å²) in [7, 11) is 0. The molecule has 34 heavy (non-hydrogen) atoms. The normalized spacial score (nSPS) is 11.0. The Labute approximate surface area is 200 Å². The van der Waals surface area contributed by atoms with Gasteiger partial charge in [0.1, 0.15) is 5.56 Å². The van der Waals surface area contributed by atoms with E-state index in [1.165, 1.54) is 16.7 Å². The van der Waals surface area contributed by atoms with Gasteiger partial charge in [-0.25, -0.2) is 0 Å². The average Bonchev–Trinajstić information content (AvgIpc) is 3.23. The summed E-state index contributed by atoms with van der Waals surface area (Å²) in [4.78, 5) is 11.5. The van der Waals surface area contributed by atoms with E-state index in [2.05, 4.69) is 100 Å². The lowest BCUT2D eigenvalue weighted by Gasteiger charge is -2.20. The number of nitrogens with one attached hydrogen (secondary N) is 2. The number of amides is 1. The summed E-state index contributed by atoms with van der Waals surface area (Å²) in [6, 6.07) is 29.9. The van der Waals surface area contributed by atoms with Gasteiger partial charge in [0, 0.05) is 18.2 Å². The highest BCUT2D eigenvalue weighted by Gasteiger charge is 2.17. The number of nitrogens with two attached hydrogens (primary N) is 2. The van der Waals surface area contributed by atoms with Crippen molar-refractivity contribution < 1.29 is 4.79 Å². The Bertz CT molecular complexity index is 1160. The summed E-state index contributed by atoms with van der Waals surface area (Å²) < 4.78 is 0. The van der Waals surface area contributed by atoms with E-state index in [-0.39, 0.29) is 11.7 Å². The van der Waals surface area contributed by atoms with Crippen molar-refractivity contribution in [2.45, 2.75) is 31.6 Å². The van der Waals surface area contributed by atoms with Crippen LogP contribution in [0.15, 0.2) is 84.9 Å². The predicted molar refractivity (Wildman–Crippen MR) is 138 cm³/mol. The van der Waals surface area contributed by atoms with Gasteiger partial charge >= 0.3 is 0 Å². The summed E-state index contributed by atoms with van der Waals surface area (Å²) in [5.41, 5.74) is 17.1. The molecule has 0 saturated carbocycles. The second-order valence-electron chi connectivity index (χ2n) is 8.44. The van der Waals surface area contributed by atoms with Crippen LogP contribution in [0.2, 0.25) is 0 Å². The largest absolute Gasteiger partial charge is 0.385 e. The molecule has 0 atom stereocenters. The Morgan fingerprint density at radius 1 is 0.853 bits per heavy atom. The molecular weight excluding hydrogens is 422 g/mol. The summed E-state index contributed by atoms with van der Waals surface area (Å²) in [6.45, 7) is 0.874. The number of aryl methyl sites for hydroxylation is 1. The van der Waals surface area contributed by atoms with Gasteiger partial charge in [-0.2, -0.15) is 5.10 Å². The molecule has 6 nitrogen and oxygen atoms in total. The summed E-state index contributed by atoms with van der Waals surface area (Å²) in [5, 5.41) is 10.3. The van der Waals surface area contributed by atoms with E-state index < -0.39 is 5.91 Å². The van der Waals surface area contributed by atoms with Crippen LogP contribution in [0, 0.1) is 0 Å². The highest BCUT2D eigenvalue weighted by atomic mass is 16.1. The average molecular weight is 454 g/mol. The lowest BCUT2D eigenvalue weighted by molar-refractivity contribution is 0.1000. The third-order valence-corrected chi connectivity index (χ3v) is 6.03. The molecule has 1 amide bonds. The Morgan fingerprint density at radius 3 is 2.15 bits per heavy atom. The zero-order valence-electron chi connectivity index (χ0n) is 19.2. The molecule has 4 rings (SSSR count). The first-order valence-corrected chi connectivity index (χ1v) is 11.7. The maximum atomic E-state index is 11.5. The lowest BCUT2D eigenvalue weighted by atomic mass is 9.85. The summed E-state index contributed by atoms with van der Waals surface area (Å²) >= 11 is 0. The summed E-state index contributed by atoms with van der Waals surface area (Å²) in [6.07, 6.45) is 3.66. The van der Waals surface area contributed by atoms with E-state index in [0.29, 0.717) is 12.0 Å². The van der Waals surface area contributed by atoms with Crippen LogP contribution >= 0.6 is 0 Å². The molecule has 3 aromatic carbocycles. The minimum Gasteiger partial charge on any atom is -0.385 e. The summed E-state index contributed by atoms with van der Waals surface area (Å²) in [5.74, 6) is -0.175. The fourth-order valence-corrected chi connectivity index (χ4v) is 4.38. The molecule has 1 heterocycles. The number of rotatable bonds is 11. The molecule has 0 saturated heterocycles. The van der Waals surface area contributed by atoms with Crippen molar-refractivity contribution in [2.75, 3.05) is 17.6 Å². The Morgan fingerprint density at radius 2 is 1.50 bits per heavy atom. The van der Waals surface area contributed by atoms with Crippen molar-refractivity contribution in [1.82, 2.24) is 10.2 Å². The van der Waals surface area contributed by atoms with Crippen LogP contribution in [0.25, 0.3) is 0 Å². The first-order valence-electron chi connectivity index (χ1n) is 11.7. The van der Waals surface area contributed by atoms with Crippen LogP contribution in [-0.2, 0) is 6.42 Å². The number of aromatic nitrogens is 2. The SMILES string of the molecule is NC(=O)c1c(N)n[nH]c1CCCCCNc1cccc(C(c2ccccc2)c2ccccc2)c1. The van der Waals surface area contributed by atoms with Crippen LogP contribution in [0.1, 0.15) is 57.9 Å². The number of hydrogen-bond acceptors (Lipinski definition) is 4. The van der Waals surface area contributed by atoms with E-state index in [1.807, 2.05) is 0 Å². The fraction of sp³-hybridized carbons (Fsp3) is 0.214. The third-order valence-electron chi connectivity index (χ3n) is 6.03. The van der Waals surface area contributed by atoms with Gasteiger partial charge in [-0.05, 0) is 48.1 Å². The van der Waals surface area contributed by atoms with Gasteiger partial charge in [-0.3, -0.25) is 9.89 Å². The molecule has 1 aromatic heterocycles. The molecule has 0 fully saturated rings. The van der Waals surface area contributed by atoms with Crippen LogP contribution in [0.3, 0.4) is 0 Å². The molecular formula is C28H31N5O. The maximum absolute atomic E-state index is 11.5. The Hall–Kier alpha value is -4.06. The highest BCUT2D eigenvalue weighted by Crippen LogP contribution is 2.33. The first kappa shape index (κ1) is 23.1. The number of aromatic amines is 1. The number of carbonyl (C=O) groups is 1. The van der Waals surface area contributed by atoms with Gasteiger partial charge < -0.3 is 16.8 Å². The van der Waals surface area contributed by atoms with Crippen molar-refractivity contribution in [3.8, 4) is 0 Å². The van der Waals surface area contributed by atoms with Crippen LogP contribution in [0.4, 0.5) is 11.5 Å². The molecule has 6 heteroatoms. The van der Waals surface area contributed by atoms with Gasteiger partial charge in [0.05, 0.1) is 5.69 Å². The van der Waals surface area contributed by atoms with Gasteiger partial charge in [-0.15, -0.1) is 0 Å². The molecule has 0 bridgehead atoms. The quantitative estimate of drug-likeness (QED) is 0.187. The number of H-pyrrole nitrogens is 1. The number of anilines is 2. The molecule has 0 unspecified atom stereocenters. The molecule has 0 aliphatic heterocycles. The number of hydrogen-bond donors (Lipinski definition) is 4. The molecule has 0 aliphatic carbocycles. The fourth-order valence-electron chi connectivity index (χ4n) is 4.38. The van der Waals surface area contributed by atoms with Gasteiger partial charge in [-0.1, -0.05) is 79.2 Å². The number of nitrogens with zero attached hydrogens (tertiary/aromatic N) is 1. The maximum Gasteiger partial charge on any atom is 0.254 e. The number of primary amides is 1. The zero-order chi connectivity index (χ0) is 23.8. The van der Waals surface area contributed by atoms with E-state index in [4.69, 9.17) is 11.5 Å². The van der Waals surface area contributed by atoms with Crippen molar-refractivity contribution in [1.29, 1.82) is 0 Å². The second-order valence-corrected chi connectivity index (χ2v) is 8.44. The van der Waals surface area contributed by atoms with E-state index in [9.17, 15) is 4.79 Å². The minimum absolute atomic E-state index is 0.174. The Balaban J connectivity index is 1.35. The lowest BCUT2D eigenvalue weighted by Crippen LogP contribution is -2.14. The molecule has 0 aliphatic rings. The Kier molecular flexibility index (Phi) is 7.60. The second kappa shape index (κ2) is 11.2. The topological polar surface area (TPSA) is 110 Å². The van der Waals surface area contributed by atoms with Crippen molar-refractivity contribution in [2.24, 2.45) is 5.73 Å². The van der Waals surface area contributed by atoms with Crippen molar-refractivity contribution in [3.05, 3.63) is 113 Å². The third kappa shape index (κ3) is 5.64. The molecule has 4 aromatic rings. The van der Waals surface area contributed by atoms with Crippen molar-refractivity contribution in [3.63, 3.8) is 0 Å². The minimum atomic E-state index is -0.535. The number of unbranched alkanes of at least 4 members (excludes halogenated alkanes) is 2. The number of nitrogen functional groups attached to an aromatic ring is 1. The highest BCUT2D eigenvalue weighted by molar-refractivity contribution is 5.98. The van der Waals surface area contributed by atoms with Gasteiger partial charge in [0.15, 0.2) is 5.82 Å². The number of carbonyl (C=O) groups excluding carboxylic acids is 1. The van der Waals surface area contributed by atoms with Crippen LogP contribution < -0.4 is 16.8 Å². The van der Waals surface area contributed by atoms with E-state index in [0.717, 1.165) is 37.2 Å². The monoisotopic (exact) mass is 453 g/mol. The predicted octanol–water partition coefficient (Wildman–Crippen LogP) is 5.10. The number of benzene rings is 3. The first-order chi connectivity index (χ1) is 16.6. The zero-order valence-corrected chi connectivity index (χ0v) is 19.2. The molecule has 0 spiro atoms. The standard InChI is InChI=1S/C28H31N5O/c29-27-26(28(30)34)24(32-33-27)17-8-3-9-18-31-23-16-10-15-22(19-23)25(20-11-4-1-5-12-20)21-13-6-2-7-14-21/h1-2,4-7,10-16,19,25,31H,3,8-9,17-18H2,(H2,30,34)(H3,29,32,33). The van der Waals surface area contributed by atoms with E-state index >= 15 is 0 Å².